The second-order valence-electron chi connectivity index (χ2n) is 3.20. The number of hydrogen-bond donors (Lipinski definition) is 2. The Bertz CT molecular complexity index is 494. The average molecular weight is 228 g/mol. The molecule has 0 aromatic heterocycles. The molecule has 0 fully saturated rings. The Balaban J connectivity index is 3.23. The van der Waals surface area contributed by atoms with Crippen LogP contribution in [-0.2, 0) is 14.6 Å². The summed E-state index contributed by atoms with van der Waals surface area (Å²) in [6.07, 6.45) is 1.09. The zero-order chi connectivity index (χ0) is 11.6. The largest absolute Gasteiger partial charge is 0.397 e. The van der Waals surface area contributed by atoms with E-state index in [-0.39, 0.29) is 10.8 Å². The molecule has 0 heterocycles. The summed E-state index contributed by atoms with van der Waals surface area (Å²) in [5, 5.41) is 2.46. The van der Waals surface area contributed by atoms with Gasteiger partial charge >= 0.3 is 0 Å². The third-order valence-corrected chi connectivity index (χ3v) is 2.87. The van der Waals surface area contributed by atoms with Crippen LogP contribution in [0.2, 0.25) is 0 Å². The third-order valence-electron chi connectivity index (χ3n) is 1.76. The average Bonchev–Trinajstić information content (AvgIpc) is 2.06. The van der Waals surface area contributed by atoms with Crippen LogP contribution in [0, 0.1) is 0 Å². The summed E-state index contributed by atoms with van der Waals surface area (Å²) in [5.41, 5.74) is 6.21. The molecule has 5 nitrogen and oxygen atoms in total. The van der Waals surface area contributed by atoms with E-state index in [1.165, 1.54) is 25.1 Å². The molecule has 1 amide bonds. The van der Waals surface area contributed by atoms with Gasteiger partial charge in [0.25, 0.3) is 0 Å². The number of nitrogens with two attached hydrogens (primary N) is 1. The molecule has 0 aliphatic carbocycles. The minimum Gasteiger partial charge on any atom is -0.397 e. The van der Waals surface area contributed by atoms with Gasteiger partial charge < -0.3 is 11.1 Å². The normalized spacial score (nSPS) is 11.1. The summed E-state index contributed by atoms with van der Waals surface area (Å²) in [5.74, 6) is -0.299. The Morgan fingerprint density at radius 1 is 1.40 bits per heavy atom. The van der Waals surface area contributed by atoms with Gasteiger partial charge in [-0.1, -0.05) is 0 Å². The lowest BCUT2D eigenvalue weighted by atomic mass is 10.2. The monoisotopic (exact) mass is 228 g/mol. The maximum absolute atomic E-state index is 11.2. The van der Waals surface area contributed by atoms with E-state index < -0.39 is 9.84 Å². The van der Waals surface area contributed by atoms with Crippen molar-refractivity contribution in [1.82, 2.24) is 0 Å². The zero-order valence-electron chi connectivity index (χ0n) is 8.44. The number of amides is 1. The fourth-order valence-electron chi connectivity index (χ4n) is 1.06. The van der Waals surface area contributed by atoms with Crippen molar-refractivity contribution in [3.8, 4) is 0 Å². The molecule has 0 unspecified atom stereocenters. The molecule has 0 saturated carbocycles. The molecule has 15 heavy (non-hydrogen) atoms. The van der Waals surface area contributed by atoms with Crippen molar-refractivity contribution >= 4 is 27.1 Å². The molecule has 1 rings (SSSR count). The van der Waals surface area contributed by atoms with Crippen LogP contribution in [0.3, 0.4) is 0 Å². The number of nitrogens with one attached hydrogen (secondary N) is 1. The topological polar surface area (TPSA) is 89.3 Å². The number of anilines is 2. The van der Waals surface area contributed by atoms with Gasteiger partial charge in [-0.25, -0.2) is 8.42 Å². The highest BCUT2D eigenvalue weighted by Crippen LogP contribution is 2.22. The summed E-state index contributed by atoms with van der Waals surface area (Å²) in [4.78, 5) is 10.9. The fourth-order valence-corrected chi connectivity index (χ4v) is 1.71. The molecule has 0 saturated heterocycles. The summed E-state index contributed by atoms with van der Waals surface area (Å²) in [6.45, 7) is 1.33. The lowest BCUT2D eigenvalue weighted by Gasteiger charge is -2.07. The summed E-state index contributed by atoms with van der Waals surface area (Å²) in [7, 11) is -3.28. The number of rotatable bonds is 2. The Morgan fingerprint density at radius 2 is 2.00 bits per heavy atom. The van der Waals surface area contributed by atoms with Crippen molar-refractivity contribution in [3.63, 3.8) is 0 Å². The van der Waals surface area contributed by atoms with Gasteiger partial charge in [0.1, 0.15) is 0 Å². The molecule has 0 aliphatic rings. The Labute approximate surface area is 88.2 Å². The predicted octanol–water partition coefficient (Wildman–Crippen LogP) is 0.631. The Hall–Kier alpha value is -1.56. The summed E-state index contributed by atoms with van der Waals surface area (Å²) < 4.78 is 22.5. The fraction of sp³-hybridized carbons (Fsp3) is 0.222. The van der Waals surface area contributed by atoms with Crippen LogP contribution < -0.4 is 11.1 Å². The number of benzene rings is 1. The Kier molecular flexibility index (Phi) is 2.99. The van der Waals surface area contributed by atoms with Gasteiger partial charge in [-0.05, 0) is 18.2 Å². The molecule has 1 aromatic rings. The van der Waals surface area contributed by atoms with Crippen molar-refractivity contribution < 1.29 is 13.2 Å². The van der Waals surface area contributed by atoms with Crippen LogP contribution in [0.4, 0.5) is 11.4 Å². The molecule has 0 spiro atoms. The first-order valence-electron chi connectivity index (χ1n) is 4.18. The molecule has 0 radical (unpaired) electrons. The highest BCUT2D eigenvalue weighted by Gasteiger charge is 2.10. The summed E-state index contributed by atoms with van der Waals surface area (Å²) in [6, 6.07) is 4.18. The quantitative estimate of drug-likeness (QED) is 0.726. The number of sulfone groups is 1. The van der Waals surface area contributed by atoms with Gasteiger partial charge in [-0.3, -0.25) is 4.79 Å². The number of carbonyl (C=O) groups is 1. The predicted molar refractivity (Wildman–Crippen MR) is 58.3 cm³/mol. The molecule has 3 N–H and O–H groups in total. The van der Waals surface area contributed by atoms with Gasteiger partial charge in [0, 0.05) is 13.2 Å². The lowest BCUT2D eigenvalue weighted by Crippen LogP contribution is -2.09. The van der Waals surface area contributed by atoms with Crippen LogP contribution in [0.5, 0.6) is 0 Å². The number of carbonyl (C=O) groups excluding carboxylic acids is 1. The molecule has 1 aromatic carbocycles. The van der Waals surface area contributed by atoms with E-state index in [2.05, 4.69) is 5.32 Å². The standard InChI is InChI=1S/C9H12N2O3S/c1-6(12)11-9-5-7(15(2,13)14)3-4-8(9)10/h3-5H,10H2,1-2H3,(H,11,12). The Morgan fingerprint density at radius 3 is 2.47 bits per heavy atom. The van der Waals surface area contributed by atoms with Gasteiger partial charge in [0.15, 0.2) is 9.84 Å². The second-order valence-corrected chi connectivity index (χ2v) is 5.22. The number of nitrogen functional groups attached to an aromatic ring is 1. The third kappa shape index (κ3) is 2.95. The van der Waals surface area contributed by atoms with Crippen molar-refractivity contribution in [3.05, 3.63) is 18.2 Å². The van der Waals surface area contributed by atoms with Crippen LogP contribution >= 0.6 is 0 Å². The van der Waals surface area contributed by atoms with Crippen molar-refractivity contribution in [2.45, 2.75) is 11.8 Å². The van der Waals surface area contributed by atoms with Crippen LogP contribution in [0.1, 0.15) is 6.92 Å². The van der Waals surface area contributed by atoms with E-state index >= 15 is 0 Å². The van der Waals surface area contributed by atoms with Crippen LogP contribution in [-0.4, -0.2) is 20.6 Å². The maximum Gasteiger partial charge on any atom is 0.221 e. The molecule has 6 heteroatoms. The summed E-state index contributed by atoms with van der Waals surface area (Å²) >= 11 is 0. The van der Waals surface area contributed by atoms with Gasteiger partial charge in [-0.2, -0.15) is 0 Å². The van der Waals surface area contributed by atoms with E-state index in [9.17, 15) is 13.2 Å². The second kappa shape index (κ2) is 3.90. The maximum atomic E-state index is 11.2. The molecular formula is C9H12N2O3S. The van der Waals surface area contributed by atoms with E-state index in [1.807, 2.05) is 0 Å². The van der Waals surface area contributed by atoms with Crippen molar-refractivity contribution in [2.24, 2.45) is 0 Å². The van der Waals surface area contributed by atoms with Crippen LogP contribution in [0.25, 0.3) is 0 Å². The van der Waals surface area contributed by atoms with E-state index in [0.717, 1.165) is 6.26 Å². The van der Waals surface area contributed by atoms with Crippen LogP contribution in [0.15, 0.2) is 23.1 Å². The highest BCUT2D eigenvalue weighted by molar-refractivity contribution is 7.90. The molecular weight excluding hydrogens is 216 g/mol. The first-order chi connectivity index (χ1) is 6.80. The van der Waals surface area contributed by atoms with Gasteiger partial charge in [0.2, 0.25) is 5.91 Å². The van der Waals surface area contributed by atoms with Crippen molar-refractivity contribution in [2.75, 3.05) is 17.3 Å². The zero-order valence-corrected chi connectivity index (χ0v) is 9.26. The smallest absolute Gasteiger partial charge is 0.221 e. The molecule has 0 atom stereocenters. The number of hydrogen-bond acceptors (Lipinski definition) is 4. The molecule has 0 bridgehead atoms. The highest BCUT2D eigenvalue weighted by atomic mass is 32.2. The van der Waals surface area contributed by atoms with E-state index in [1.54, 1.807) is 0 Å². The first kappa shape index (κ1) is 11.5. The van der Waals surface area contributed by atoms with E-state index in [4.69, 9.17) is 5.73 Å². The van der Waals surface area contributed by atoms with Crippen molar-refractivity contribution in [1.29, 1.82) is 0 Å². The molecule has 82 valence electrons. The van der Waals surface area contributed by atoms with Gasteiger partial charge in [-0.15, -0.1) is 0 Å². The molecule has 0 aliphatic heterocycles. The lowest BCUT2D eigenvalue weighted by molar-refractivity contribution is -0.114. The minimum absolute atomic E-state index is 0.125. The minimum atomic E-state index is -3.28. The SMILES string of the molecule is CC(=O)Nc1cc(S(C)(=O)=O)ccc1N. The van der Waals surface area contributed by atoms with Gasteiger partial charge in [0.05, 0.1) is 16.3 Å². The first-order valence-corrected chi connectivity index (χ1v) is 6.07. The van der Waals surface area contributed by atoms with E-state index in [0.29, 0.717) is 11.4 Å².